The molecule has 0 aromatic carbocycles. The molecule has 0 unspecified atom stereocenters. The molecule has 0 aliphatic rings. The Bertz CT molecular complexity index is 341. The largest absolute Gasteiger partial charge is 0.382 e. The number of rotatable bonds is 7. The molecule has 0 amide bonds. The van der Waals surface area contributed by atoms with Crippen LogP contribution in [0.1, 0.15) is 23.2 Å². The Labute approximate surface area is 112 Å². The topological polar surface area (TPSA) is 46.2 Å². The van der Waals surface area contributed by atoms with Crippen molar-refractivity contribution in [1.29, 1.82) is 0 Å². The molecule has 17 heavy (non-hydrogen) atoms. The summed E-state index contributed by atoms with van der Waals surface area (Å²) in [5.41, 5.74) is 0. The molecule has 6 heteroatoms. The number of nitrogens with one attached hydrogen (secondary N) is 2. The van der Waals surface area contributed by atoms with Crippen LogP contribution in [0.15, 0.2) is 6.20 Å². The van der Waals surface area contributed by atoms with E-state index in [4.69, 9.17) is 17.0 Å². The number of ether oxygens (including phenoxy) is 1. The quantitative estimate of drug-likeness (QED) is 0.586. The van der Waals surface area contributed by atoms with E-state index in [0.29, 0.717) is 5.11 Å². The molecule has 0 aliphatic heterocycles. The summed E-state index contributed by atoms with van der Waals surface area (Å²) in [4.78, 5) is 5.38. The van der Waals surface area contributed by atoms with Crippen molar-refractivity contribution in [2.24, 2.45) is 0 Å². The highest BCUT2D eigenvalue weighted by Gasteiger charge is 1.99. The minimum atomic E-state index is 0.688. The average Bonchev–Trinajstić information content (AvgIpc) is 2.72. The lowest BCUT2D eigenvalue weighted by atomic mass is 10.4. The van der Waals surface area contributed by atoms with Crippen LogP contribution in [0.2, 0.25) is 0 Å². The molecule has 2 N–H and O–H groups in total. The molecule has 0 saturated carbocycles. The number of hydrogen-bond acceptors (Lipinski definition) is 4. The van der Waals surface area contributed by atoms with Crippen LogP contribution in [-0.4, -0.2) is 29.9 Å². The molecule has 96 valence electrons. The monoisotopic (exact) mass is 273 g/mol. The highest BCUT2D eigenvalue weighted by atomic mass is 32.1. The van der Waals surface area contributed by atoms with Gasteiger partial charge in [0.05, 0.1) is 11.6 Å². The fraction of sp³-hybridized carbons (Fsp3) is 0.636. The molecule has 4 nitrogen and oxygen atoms in total. The Balaban J connectivity index is 2.05. The van der Waals surface area contributed by atoms with E-state index in [9.17, 15) is 0 Å². The predicted octanol–water partition coefficient (Wildman–Crippen LogP) is 1.84. The van der Waals surface area contributed by atoms with Gasteiger partial charge in [-0.2, -0.15) is 0 Å². The van der Waals surface area contributed by atoms with Crippen LogP contribution >= 0.6 is 23.6 Å². The SMILES string of the molecule is CCOCCCNC(=S)NCc1cnc(C)s1. The van der Waals surface area contributed by atoms with Crippen LogP contribution < -0.4 is 10.6 Å². The zero-order valence-corrected chi connectivity index (χ0v) is 11.9. The lowest BCUT2D eigenvalue weighted by molar-refractivity contribution is 0.145. The van der Waals surface area contributed by atoms with Crippen molar-refractivity contribution in [1.82, 2.24) is 15.6 Å². The summed E-state index contributed by atoms with van der Waals surface area (Å²) in [7, 11) is 0. The Kier molecular flexibility index (Phi) is 7.07. The van der Waals surface area contributed by atoms with Crippen LogP contribution in [0.3, 0.4) is 0 Å². The second-order valence-electron chi connectivity index (χ2n) is 3.51. The number of nitrogens with zero attached hydrogens (tertiary/aromatic N) is 1. The normalized spacial score (nSPS) is 10.2. The van der Waals surface area contributed by atoms with E-state index in [1.165, 1.54) is 4.88 Å². The van der Waals surface area contributed by atoms with Gasteiger partial charge in [0.1, 0.15) is 0 Å². The predicted molar refractivity (Wildman–Crippen MR) is 75.4 cm³/mol. The van der Waals surface area contributed by atoms with Crippen molar-refractivity contribution in [2.45, 2.75) is 26.8 Å². The third-order valence-electron chi connectivity index (χ3n) is 2.05. The summed E-state index contributed by atoms with van der Waals surface area (Å²) in [6, 6.07) is 0. The van der Waals surface area contributed by atoms with Crippen molar-refractivity contribution in [3.05, 3.63) is 16.1 Å². The third kappa shape index (κ3) is 6.55. The Morgan fingerprint density at radius 1 is 1.53 bits per heavy atom. The van der Waals surface area contributed by atoms with Crippen LogP contribution in [0, 0.1) is 6.92 Å². The average molecular weight is 273 g/mol. The Hall–Kier alpha value is -0.720. The molecule has 0 radical (unpaired) electrons. The first-order valence-electron chi connectivity index (χ1n) is 5.73. The molecular weight excluding hydrogens is 254 g/mol. The van der Waals surface area contributed by atoms with E-state index >= 15 is 0 Å². The lowest BCUT2D eigenvalue weighted by Gasteiger charge is -2.09. The third-order valence-corrected chi connectivity index (χ3v) is 3.25. The molecule has 1 heterocycles. The standard InChI is InChI=1S/C11H19N3OS2/c1-3-15-6-4-5-12-11(16)14-8-10-7-13-9(2)17-10/h7H,3-6,8H2,1-2H3,(H2,12,14,16). The fourth-order valence-corrected chi connectivity index (χ4v) is 2.15. The van der Waals surface area contributed by atoms with Crippen LogP contribution in [0.5, 0.6) is 0 Å². The van der Waals surface area contributed by atoms with E-state index in [0.717, 1.165) is 37.7 Å². The summed E-state index contributed by atoms with van der Waals surface area (Å²) >= 11 is 6.84. The molecule has 0 atom stereocenters. The first kappa shape index (κ1) is 14.3. The van der Waals surface area contributed by atoms with E-state index in [1.54, 1.807) is 11.3 Å². The summed E-state index contributed by atoms with van der Waals surface area (Å²) in [5.74, 6) is 0. The van der Waals surface area contributed by atoms with Crippen molar-refractivity contribution in [3.8, 4) is 0 Å². The van der Waals surface area contributed by atoms with E-state index < -0.39 is 0 Å². The summed E-state index contributed by atoms with van der Waals surface area (Å²) in [6.45, 7) is 7.12. The molecule has 0 spiro atoms. The highest BCUT2D eigenvalue weighted by molar-refractivity contribution is 7.80. The molecular formula is C11H19N3OS2. The smallest absolute Gasteiger partial charge is 0.166 e. The first-order chi connectivity index (χ1) is 8.22. The number of aromatic nitrogens is 1. The van der Waals surface area contributed by atoms with E-state index in [1.807, 2.05) is 20.0 Å². The van der Waals surface area contributed by atoms with Gasteiger partial charge >= 0.3 is 0 Å². The number of thiocarbonyl (C=S) groups is 1. The van der Waals surface area contributed by atoms with Gasteiger partial charge in [-0.25, -0.2) is 4.98 Å². The summed E-state index contributed by atoms with van der Waals surface area (Å²) in [6.07, 6.45) is 2.85. The minimum absolute atomic E-state index is 0.688. The molecule has 0 aliphatic carbocycles. The zero-order valence-electron chi connectivity index (χ0n) is 10.3. The van der Waals surface area contributed by atoms with Crippen molar-refractivity contribution >= 4 is 28.7 Å². The van der Waals surface area contributed by atoms with Gasteiger partial charge in [-0.1, -0.05) is 0 Å². The van der Waals surface area contributed by atoms with Crippen LogP contribution in [0.4, 0.5) is 0 Å². The lowest BCUT2D eigenvalue weighted by Crippen LogP contribution is -2.35. The molecule has 1 aromatic rings. The van der Waals surface area contributed by atoms with Crippen molar-refractivity contribution in [3.63, 3.8) is 0 Å². The number of hydrogen-bond donors (Lipinski definition) is 2. The molecule has 1 aromatic heterocycles. The maximum atomic E-state index is 5.24. The van der Waals surface area contributed by atoms with Crippen molar-refractivity contribution < 1.29 is 4.74 Å². The first-order valence-corrected chi connectivity index (χ1v) is 6.95. The maximum Gasteiger partial charge on any atom is 0.166 e. The van der Waals surface area contributed by atoms with Gasteiger partial charge in [0.25, 0.3) is 0 Å². The molecule has 0 fully saturated rings. The van der Waals surface area contributed by atoms with Gasteiger partial charge < -0.3 is 15.4 Å². The Morgan fingerprint density at radius 3 is 3.00 bits per heavy atom. The fourth-order valence-electron chi connectivity index (χ4n) is 1.24. The van der Waals surface area contributed by atoms with Gasteiger partial charge in [-0.05, 0) is 32.5 Å². The second-order valence-corrected chi connectivity index (χ2v) is 5.23. The molecule has 0 saturated heterocycles. The summed E-state index contributed by atoms with van der Waals surface area (Å²) < 4.78 is 5.24. The van der Waals surface area contributed by atoms with Gasteiger partial charge in [0.2, 0.25) is 0 Å². The summed E-state index contributed by atoms with van der Waals surface area (Å²) in [5, 5.41) is 8.06. The van der Waals surface area contributed by atoms with Gasteiger partial charge in [0, 0.05) is 30.8 Å². The molecule has 1 rings (SSSR count). The van der Waals surface area contributed by atoms with Crippen molar-refractivity contribution in [2.75, 3.05) is 19.8 Å². The maximum absolute atomic E-state index is 5.24. The van der Waals surface area contributed by atoms with E-state index in [-0.39, 0.29) is 0 Å². The number of aryl methyl sites for hydroxylation is 1. The minimum Gasteiger partial charge on any atom is -0.382 e. The van der Waals surface area contributed by atoms with Gasteiger partial charge in [0.15, 0.2) is 5.11 Å². The highest BCUT2D eigenvalue weighted by Crippen LogP contribution is 2.10. The number of thiazole rings is 1. The second kappa shape index (κ2) is 8.38. The van der Waals surface area contributed by atoms with Crippen LogP contribution in [0.25, 0.3) is 0 Å². The Morgan fingerprint density at radius 2 is 2.35 bits per heavy atom. The van der Waals surface area contributed by atoms with E-state index in [2.05, 4.69) is 15.6 Å². The van der Waals surface area contributed by atoms with Gasteiger partial charge in [-0.15, -0.1) is 11.3 Å². The zero-order chi connectivity index (χ0) is 12.5. The van der Waals surface area contributed by atoms with Crippen LogP contribution in [-0.2, 0) is 11.3 Å². The van der Waals surface area contributed by atoms with Gasteiger partial charge in [-0.3, -0.25) is 0 Å². The molecule has 0 bridgehead atoms.